The van der Waals surface area contributed by atoms with Crippen LogP contribution in [0.1, 0.15) is 28.8 Å². The van der Waals surface area contributed by atoms with Crippen molar-refractivity contribution in [2.75, 3.05) is 18.4 Å². The van der Waals surface area contributed by atoms with Crippen LogP contribution in [0.4, 0.5) is 5.69 Å². The Morgan fingerprint density at radius 1 is 1.00 bits per heavy atom. The summed E-state index contributed by atoms with van der Waals surface area (Å²) in [5.74, 6) is 1.26. The largest absolute Gasteiger partial charge is 0.456 e. The number of hydrogen-bond acceptors (Lipinski definition) is 4. The molecule has 0 atom stereocenters. The van der Waals surface area contributed by atoms with Crippen molar-refractivity contribution >= 4 is 11.6 Å². The number of amides is 1. The first-order valence-corrected chi connectivity index (χ1v) is 9.57. The lowest BCUT2D eigenvalue weighted by Crippen LogP contribution is -2.19. The van der Waals surface area contributed by atoms with Gasteiger partial charge in [0.15, 0.2) is 0 Å². The molecule has 0 radical (unpaired) electrons. The Labute approximate surface area is 165 Å². The van der Waals surface area contributed by atoms with Crippen molar-refractivity contribution in [3.8, 4) is 11.5 Å². The minimum atomic E-state index is -0.107. The van der Waals surface area contributed by atoms with Crippen molar-refractivity contribution in [1.82, 2.24) is 9.88 Å². The highest BCUT2D eigenvalue weighted by Gasteiger charge is 2.13. The Hall–Kier alpha value is -3.18. The first kappa shape index (κ1) is 18.2. The summed E-state index contributed by atoms with van der Waals surface area (Å²) in [6.45, 7) is 3.19. The summed E-state index contributed by atoms with van der Waals surface area (Å²) in [5.41, 5.74) is 2.58. The molecule has 1 aliphatic rings. The van der Waals surface area contributed by atoms with E-state index in [1.54, 1.807) is 12.4 Å². The number of likely N-dealkylation sites (tertiary alicyclic amines) is 1. The van der Waals surface area contributed by atoms with Gasteiger partial charge in [-0.2, -0.15) is 0 Å². The zero-order valence-electron chi connectivity index (χ0n) is 15.7. The predicted molar refractivity (Wildman–Crippen MR) is 110 cm³/mol. The number of carbonyl (C=O) groups excluding carboxylic acids is 1. The fourth-order valence-electron chi connectivity index (χ4n) is 3.36. The predicted octanol–water partition coefficient (Wildman–Crippen LogP) is 4.72. The topological polar surface area (TPSA) is 54.5 Å². The van der Waals surface area contributed by atoms with Crippen molar-refractivity contribution in [3.05, 3.63) is 84.2 Å². The van der Waals surface area contributed by atoms with Crippen LogP contribution in [0, 0.1) is 0 Å². The molecule has 0 aliphatic carbocycles. The molecule has 3 aromatic rings. The van der Waals surface area contributed by atoms with E-state index in [4.69, 9.17) is 4.74 Å². The monoisotopic (exact) mass is 373 g/mol. The summed E-state index contributed by atoms with van der Waals surface area (Å²) >= 11 is 0. The maximum Gasteiger partial charge on any atom is 0.255 e. The van der Waals surface area contributed by atoms with Gasteiger partial charge in [0.2, 0.25) is 0 Å². The van der Waals surface area contributed by atoms with Crippen LogP contribution >= 0.6 is 0 Å². The van der Waals surface area contributed by atoms with Gasteiger partial charge in [-0.25, -0.2) is 0 Å². The van der Waals surface area contributed by atoms with E-state index in [2.05, 4.69) is 21.3 Å². The van der Waals surface area contributed by atoms with Gasteiger partial charge in [0.05, 0.1) is 6.20 Å². The lowest BCUT2D eigenvalue weighted by molar-refractivity contribution is 0.102. The van der Waals surface area contributed by atoms with E-state index in [1.807, 2.05) is 54.6 Å². The van der Waals surface area contributed by atoms with Gasteiger partial charge in [-0.1, -0.05) is 12.1 Å². The molecule has 2 aromatic carbocycles. The maximum atomic E-state index is 12.6. The number of pyridine rings is 1. The number of carbonyl (C=O) groups is 1. The Bertz CT molecular complexity index is 920. The molecule has 5 nitrogen and oxygen atoms in total. The average molecular weight is 373 g/mol. The molecule has 1 amide bonds. The third kappa shape index (κ3) is 4.75. The third-order valence-corrected chi connectivity index (χ3v) is 4.78. The first-order valence-electron chi connectivity index (χ1n) is 9.57. The normalized spacial score (nSPS) is 14.0. The zero-order valence-corrected chi connectivity index (χ0v) is 15.7. The van der Waals surface area contributed by atoms with Crippen molar-refractivity contribution in [2.45, 2.75) is 19.4 Å². The molecule has 142 valence electrons. The van der Waals surface area contributed by atoms with Crippen LogP contribution in [0.15, 0.2) is 73.1 Å². The molecule has 28 heavy (non-hydrogen) atoms. The van der Waals surface area contributed by atoms with Crippen molar-refractivity contribution in [2.24, 2.45) is 0 Å². The highest BCUT2D eigenvalue weighted by atomic mass is 16.5. The Morgan fingerprint density at radius 3 is 2.57 bits per heavy atom. The molecule has 1 saturated heterocycles. The fraction of sp³-hybridized carbons (Fsp3) is 0.217. The van der Waals surface area contributed by atoms with Gasteiger partial charge in [-0.05, 0) is 80.0 Å². The average Bonchev–Trinajstić information content (AvgIpc) is 3.23. The molecule has 5 heteroatoms. The molecular weight excluding hydrogens is 350 g/mol. The molecule has 0 spiro atoms. The molecule has 4 rings (SSSR count). The molecular formula is C23H23N3O2. The molecule has 1 aromatic heterocycles. The van der Waals surface area contributed by atoms with E-state index in [9.17, 15) is 4.79 Å². The molecule has 0 unspecified atom stereocenters. The Morgan fingerprint density at radius 2 is 1.82 bits per heavy atom. The second-order valence-electron chi connectivity index (χ2n) is 6.95. The number of anilines is 1. The Balaban J connectivity index is 1.38. The minimum Gasteiger partial charge on any atom is -0.456 e. The second kappa shape index (κ2) is 8.67. The Kier molecular flexibility index (Phi) is 5.64. The van der Waals surface area contributed by atoms with Crippen LogP contribution in [0.3, 0.4) is 0 Å². The van der Waals surface area contributed by atoms with Gasteiger partial charge in [0, 0.05) is 24.0 Å². The van der Waals surface area contributed by atoms with Crippen LogP contribution < -0.4 is 10.1 Å². The lowest BCUT2D eigenvalue weighted by Gasteiger charge is -2.15. The summed E-state index contributed by atoms with van der Waals surface area (Å²) in [4.78, 5) is 19.1. The number of aromatic nitrogens is 1. The van der Waals surface area contributed by atoms with Crippen LogP contribution in [-0.4, -0.2) is 28.9 Å². The van der Waals surface area contributed by atoms with Crippen molar-refractivity contribution in [1.29, 1.82) is 0 Å². The minimum absolute atomic E-state index is 0.107. The summed E-state index contributed by atoms with van der Waals surface area (Å²) in [6.07, 6.45) is 5.89. The molecule has 0 bridgehead atoms. The van der Waals surface area contributed by atoms with E-state index in [0.29, 0.717) is 17.1 Å². The van der Waals surface area contributed by atoms with E-state index in [1.165, 1.54) is 18.4 Å². The molecule has 0 saturated carbocycles. The van der Waals surface area contributed by atoms with Gasteiger partial charge in [0.1, 0.15) is 11.5 Å². The third-order valence-electron chi connectivity index (χ3n) is 4.78. The van der Waals surface area contributed by atoms with E-state index < -0.39 is 0 Å². The highest BCUT2D eigenvalue weighted by molar-refractivity contribution is 6.04. The van der Waals surface area contributed by atoms with Gasteiger partial charge < -0.3 is 10.1 Å². The van der Waals surface area contributed by atoms with Crippen LogP contribution in [0.25, 0.3) is 0 Å². The summed E-state index contributed by atoms with van der Waals surface area (Å²) in [5, 5.41) is 2.95. The van der Waals surface area contributed by atoms with E-state index in [0.717, 1.165) is 25.3 Å². The number of nitrogens with zero attached hydrogens (tertiary/aromatic N) is 2. The maximum absolute atomic E-state index is 12.6. The molecule has 1 fully saturated rings. The lowest BCUT2D eigenvalue weighted by atomic mass is 10.1. The summed E-state index contributed by atoms with van der Waals surface area (Å²) in [7, 11) is 0. The van der Waals surface area contributed by atoms with E-state index in [-0.39, 0.29) is 5.91 Å². The second-order valence-corrected chi connectivity index (χ2v) is 6.95. The first-order chi connectivity index (χ1) is 13.8. The SMILES string of the molecule is O=C(Nc1ccc(Oc2cccnc2)cc1)c1cccc(CN2CCCC2)c1. The quantitative estimate of drug-likeness (QED) is 0.679. The highest BCUT2D eigenvalue weighted by Crippen LogP contribution is 2.22. The van der Waals surface area contributed by atoms with Crippen LogP contribution in [0.5, 0.6) is 11.5 Å². The number of ether oxygens (including phenoxy) is 1. The fourth-order valence-corrected chi connectivity index (χ4v) is 3.36. The van der Waals surface area contributed by atoms with Crippen LogP contribution in [0.2, 0.25) is 0 Å². The number of rotatable bonds is 6. The summed E-state index contributed by atoms with van der Waals surface area (Å²) in [6, 6.07) is 18.8. The summed E-state index contributed by atoms with van der Waals surface area (Å²) < 4.78 is 5.72. The molecule has 2 heterocycles. The number of hydrogen-bond donors (Lipinski definition) is 1. The molecule has 1 aliphatic heterocycles. The van der Waals surface area contributed by atoms with Crippen molar-refractivity contribution in [3.63, 3.8) is 0 Å². The smallest absolute Gasteiger partial charge is 0.255 e. The van der Waals surface area contributed by atoms with Gasteiger partial charge >= 0.3 is 0 Å². The van der Waals surface area contributed by atoms with Crippen LogP contribution in [-0.2, 0) is 6.54 Å². The van der Waals surface area contributed by atoms with E-state index >= 15 is 0 Å². The standard InChI is InChI=1S/C23H23N3O2/c27-23(19-6-3-5-18(15-19)17-26-13-1-2-14-26)25-20-8-10-21(11-9-20)28-22-7-4-12-24-16-22/h3-12,15-16H,1-2,13-14,17H2,(H,25,27). The zero-order chi connectivity index (χ0) is 19.2. The number of nitrogens with one attached hydrogen (secondary N) is 1. The van der Waals surface area contributed by atoms with Gasteiger partial charge in [-0.3, -0.25) is 14.7 Å². The molecule has 1 N–H and O–H groups in total. The van der Waals surface area contributed by atoms with Crippen molar-refractivity contribution < 1.29 is 9.53 Å². The van der Waals surface area contributed by atoms with Gasteiger partial charge in [0.25, 0.3) is 5.91 Å². The number of benzene rings is 2. The van der Waals surface area contributed by atoms with Gasteiger partial charge in [-0.15, -0.1) is 0 Å².